The van der Waals surface area contributed by atoms with Crippen molar-refractivity contribution in [2.45, 2.75) is 6.42 Å². The maximum atomic E-state index is 13.5. The van der Waals surface area contributed by atoms with Crippen molar-refractivity contribution in [3.05, 3.63) is 58.3 Å². The van der Waals surface area contributed by atoms with Crippen LogP contribution in [0, 0.1) is 5.82 Å². The third kappa shape index (κ3) is 3.33. The Bertz CT molecular complexity index is 543. The summed E-state index contributed by atoms with van der Waals surface area (Å²) in [7, 11) is 0. The maximum Gasteiger partial charge on any atom is 0.165 e. The van der Waals surface area contributed by atoms with Crippen LogP contribution < -0.4 is 4.74 Å². The van der Waals surface area contributed by atoms with Crippen LogP contribution in [0.4, 0.5) is 4.39 Å². The quantitative estimate of drug-likeness (QED) is 0.659. The Morgan fingerprint density at radius 3 is 2.61 bits per heavy atom. The van der Waals surface area contributed by atoms with Gasteiger partial charge in [0.15, 0.2) is 11.6 Å². The number of benzene rings is 2. The highest BCUT2D eigenvalue weighted by Crippen LogP contribution is 2.28. The average Bonchev–Trinajstić information content (AvgIpc) is 2.36. The van der Waals surface area contributed by atoms with Gasteiger partial charge in [0.2, 0.25) is 0 Å². The van der Waals surface area contributed by atoms with Crippen LogP contribution in [0.15, 0.2) is 46.9 Å². The molecule has 0 N–H and O–H groups in total. The summed E-state index contributed by atoms with van der Waals surface area (Å²) in [6, 6.07) is 12.0. The van der Waals surface area contributed by atoms with Crippen LogP contribution in [0.5, 0.6) is 11.5 Å². The number of hydrogen-bond donors (Lipinski definition) is 0. The molecule has 0 radical (unpaired) electrons. The number of alkyl halides is 1. The number of para-hydroxylation sites is 1. The Kier molecular flexibility index (Phi) is 4.78. The van der Waals surface area contributed by atoms with Gasteiger partial charge in [-0.25, -0.2) is 4.39 Å². The maximum absolute atomic E-state index is 13.5. The Hall–Kier alpha value is -0.870. The lowest BCUT2D eigenvalue weighted by atomic mass is 10.2. The second kappa shape index (κ2) is 6.34. The first kappa shape index (κ1) is 13.6. The van der Waals surface area contributed by atoms with E-state index in [1.807, 2.05) is 18.2 Å². The minimum atomic E-state index is -0.359. The summed E-state index contributed by atoms with van der Waals surface area (Å²) in [5, 5.41) is 0.870. The van der Waals surface area contributed by atoms with Crippen molar-refractivity contribution in [3.8, 4) is 11.5 Å². The van der Waals surface area contributed by atoms with Gasteiger partial charge in [-0.1, -0.05) is 44.0 Å². The third-order valence-corrected chi connectivity index (χ3v) is 3.62. The van der Waals surface area contributed by atoms with E-state index in [2.05, 4.69) is 31.9 Å². The van der Waals surface area contributed by atoms with E-state index in [9.17, 15) is 4.39 Å². The molecular weight excluding hydrogens is 363 g/mol. The summed E-state index contributed by atoms with van der Waals surface area (Å²) < 4.78 is 20.0. The fraction of sp³-hybridized carbons (Fsp3) is 0.143. The van der Waals surface area contributed by atoms with E-state index in [1.165, 1.54) is 6.07 Å². The minimum absolute atomic E-state index is 0.240. The summed E-state index contributed by atoms with van der Waals surface area (Å²) in [6.45, 7) is 0. The molecule has 0 amide bonds. The van der Waals surface area contributed by atoms with Gasteiger partial charge in [0, 0.05) is 9.80 Å². The Balaban J connectivity index is 2.24. The lowest BCUT2D eigenvalue weighted by Crippen LogP contribution is -1.92. The van der Waals surface area contributed by atoms with Crippen LogP contribution in [0.3, 0.4) is 0 Å². The summed E-state index contributed by atoms with van der Waals surface area (Å²) in [6.07, 6.45) is 0.884. The van der Waals surface area contributed by atoms with E-state index in [-0.39, 0.29) is 11.6 Å². The number of hydrogen-bond acceptors (Lipinski definition) is 1. The molecule has 0 unspecified atom stereocenters. The van der Waals surface area contributed by atoms with Crippen molar-refractivity contribution >= 4 is 31.9 Å². The van der Waals surface area contributed by atoms with E-state index in [1.54, 1.807) is 18.2 Å². The van der Waals surface area contributed by atoms with Crippen LogP contribution in [0.25, 0.3) is 0 Å². The highest BCUT2D eigenvalue weighted by Gasteiger charge is 2.06. The molecule has 0 saturated carbocycles. The molecule has 0 aliphatic rings. The van der Waals surface area contributed by atoms with E-state index in [4.69, 9.17) is 4.74 Å². The van der Waals surface area contributed by atoms with Gasteiger partial charge in [-0.05, 0) is 42.3 Å². The molecule has 1 nitrogen and oxygen atoms in total. The second-order valence-corrected chi connectivity index (χ2v) is 5.37. The van der Waals surface area contributed by atoms with Crippen molar-refractivity contribution in [2.24, 2.45) is 0 Å². The van der Waals surface area contributed by atoms with Gasteiger partial charge >= 0.3 is 0 Å². The fourth-order valence-corrected chi connectivity index (χ4v) is 2.43. The standard InChI is InChI=1S/C14H11Br2FO/c15-8-7-10-9-11(5-6-12(10)16)18-14-4-2-1-3-13(14)17/h1-6,9H,7-8H2. The van der Waals surface area contributed by atoms with E-state index in [0.29, 0.717) is 5.75 Å². The molecule has 18 heavy (non-hydrogen) atoms. The number of halogens is 3. The molecular formula is C14H11Br2FO. The molecule has 0 aromatic heterocycles. The van der Waals surface area contributed by atoms with Crippen molar-refractivity contribution < 1.29 is 9.13 Å². The fourth-order valence-electron chi connectivity index (χ4n) is 1.56. The van der Waals surface area contributed by atoms with Gasteiger partial charge in [0.05, 0.1) is 0 Å². The number of ether oxygens (including phenoxy) is 1. The summed E-state index contributed by atoms with van der Waals surface area (Å²) in [4.78, 5) is 0. The minimum Gasteiger partial charge on any atom is -0.454 e. The molecule has 4 heteroatoms. The monoisotopic (exact) mass is 372 g/mol. The predicted octanol–water partition coefficient (Wildman–Crippen LogP) is 5.32. The van der Waals surface area contributed by atoms with Crippen LogP contribution in [-0.4, -0.2) is 5.33 Å². The van der Waals surface area contributed by atoms with Crippen LogP contribution >= 0.6 is 31.9 Å². The number of aryl methyl sites for hydroxylation is 1. The van der Waals surface area contributed by atoms with Crippen LogP contribution in [-0.2, 0) is 6.42 Å². The Labute approximate surface area is 122 Å². The molecule has 0 spiro atoms. The first-order chi connectivity index (χ1) is 8.70. The predicted molar refractivity (Wildman–Crippen MR) is 78.1 cm³/mol. The Morgan fingerprint density at radius 1 is 1.11 bits per heavy atom. The smallest absolute Gasteiger partial charge is 0.165 e. The normalized spacial score (nSPS) is 10.4. The van der Waals surface area contributed by atoms with E-state index >= 15 is 0 Å². The third-order valence-electron chi connectivity index (χ3n) is 2.45. The molecule has 0 fully saturated rings. The topological polar surface area (TPSA) is 9.23 Å². The van der Waals surface area contributed by atoms with Gasteiger partial charge < -0.3 is 4.74 Å². The van der Waals surface area contributed by atoms with Crippen molar-refractivity contribution in [1.82, 2.24) is 0 Å². The zero-order valence-electron chi connectivity index (χ0n) is 9.50. The SMILES string of the molecule is Fc1ccccc1Oc1ccc(Br)c(CCBr)c1. The highest BCUT2D eigenvalue weighted by atomic mass is 79.9. The van der Waals surface area contributed by atoms with Crippen molar-refractivity contribution in [1.29, 1.82) is 0 Å². The first-order valence-corrected chi connectivity index (χ1v) is 7.39. The second-order valence-electron chi connectivity index (χ2n) is 3.72. The summed E-state index contributed by atoms with van der Waals surface area (Å²) >= 11 is 6.88. The number of rotatable bonds is 4. The molecule has 2 aromatic rings. The van der Waals surface area contributed by atoms with E-state index < -0.39 is 0 Å². The zero-order chi connectivity index (χ0) is 13.0. The van der Waals surface area contributed by atoms with Gasteiger partial charge in [-0.3, -0.25) is 0 Å². The van der Waals surface area contributed by atoms with E-state index in [0.717, 1.165) is 21.8 Å². The molecule has 0 saturated heterocycles. The summed E-state index contributed by atoms with van der Waals surface area (Å²) in [5.74, 6) is 0.520. The molecule has 0 bridgehead atoms. The zero-order valence-corrected chi connectivity index (χ0v) is 12.7. The average molecular weight is 374 g/mol. The molecule has 94 valence electrons. The molecule has 0 heterocycles. The molecule has 0 aliphatic heterocycles. The van der Waals surface area contributed by atoms with Crippen LogP contribution in [0.1, 0.15) is 5.56 Å². The van der Waals surface area contributed by atoms with Gasteiger partial charge in [0.1, 0.15) is 5.75 Å². The lowest BCUT2D eigenvalue weighted by molar-refractivity contribution is 0.442. The summed E-state index contributed by atoms with van der Waals surface area (Å²) in [5.41, 5.74) is 1.13. The van der Waals surface area contributed by atoms with Gasteiger partial charge in [-0.2, -0.15) is 0 Å². The first-order valence-electron chi connectivity index (χ1n) is 5.47. The van der Waals surface area contributed by atoms with Crippen molar-refractivity contribution in [2.75, 3.05) is 5.33 Å². The largest absolute Gasteiger partial charge is 0.454 e. The van der Waals surface area contributed by atoms with Crippen molar-refractivity contribution in [3.63, 3.8) is 0 Å². The highest BCUT2D eigenvalue weighted by molar-refractivity contribution is 9.10. The van der Waals surface area contributed by atoms with Gasteiger partial charge in [0.25, 0.3) is 0 Å². The molecule has 0 atom stereocenters. The van der Waals surface area contributed by atoms with Gasteiger partial charge in [-0.15, -0.1) is 0 Å². The Morgan fingerprint density at radius 2 is 1.89 bits per heavy atom. The van der Waals surface area contributed by atoms with Crippen LogP contribution in [0.2, 0.25) is 0 Å². The molecule has 2 rings (SSSR count). The molecule has 0 aliphatic carbocycles. The molecule has 2 aromatic carbocycles. The lowest BCUT2D eigenvalue weighted by Gasteiger charge is -2.09.